The molecular weight excluding hydrogens is 165 g/mol. The molecule has 0 bridgehead atoms. The van der Waals surface area contributed by atoms with E-state index < -0.39 is 0 Å². The minimum Gasteiger partial charge on any atom is -0.299 e. The fourth-order valence-electron chi connectivity index (χ4n) is 1.25. The normalized spacial score (nSPS) is 9.92. The number of benzene rings is 1. The first-order chi connectivity index (χ1) is 5.65. The van der Waals surface area contributed by atoms with E-state index in [0.29, 0.717) is 5.42 Å². The lowest BCUT2D eigenvalue weighted by Crippen LogP contribution is -2.10. The van der Waals surface area contributed by atoms with Crippen LogP contribution in [0.25, 0.3) is 0 Å². The van der Waals surface area contributed by atoms with Crippen LogP contribution in [0, 0.1) is 6.92 Å². The summed E-state index contributed by atoms with van der Waals surface area (Å²) in [6.45, 7) is 4.22. The van der Waals surface area contributed by atoms with Gasteiger partial charge < -0.3 is 0 Å². The first-order valence-electron chi connectivity index (χ1n) is 4.09. The van der Waals surface area contributed by atoms with Crippen LogP contribution in [0.15, 0.2) is 18.2 Å². The maximum atomic E-state index is 5.64. The highest BCUT2D eigenvalue weighted by Gasteiger charge is 1.99. The van der Waals surface area contributed by atoms with Crippen LogP contribution in [0.2, 0.25) is 0 Å². The van der Waals surface area contributed by atoms with Crippen molar-refractivity contribution in [3.63, 3.8) is 0 Å². The molecule has 1 nitrogen and oxygen atoms in total. The SMILES string of the molecule is CCc1ccc(C(N)=P)c(C)c1. The highest BCUT2D eigenvalue weighted by Crippen LogP contribution is 2.11. The Balaban J connectivity index is 3.12. The maximum absolute atomic E-state index is 5.64. The molecule has 0 atom stereocenters. The van der Waals surface area contributed by atoms with Crippen LogP contribution in [-0.4, -0.2) is 5.42 Å². The second-order valence-electron chi connectivity index (χ2n) is 2.92. The van der Waals surface area contributed by atoms with Crippen molar-refractivity contribution in [3.05, 3.63) is 34.9 Å². The van der Waals surface area contributed by atoms with Gasteiger partial charge in [0.15, 0.2) is 0 Å². The molecule has 0 aliphatic carbocycles. The average molecular weight is 179 g/mol. The summed E-state index contributed by atoms with van der Waals surface area (Å²) in [4.78, 5) is 0. The van der Waals surface area contributed by atoms with Gasteiger partial charge in [-0.3, -0.25) is 5.73 Å². The molecule has 0 unspecified atom stereocenters. The summed E-state index contributed by atoms with van der Waals surface area (Å²) in [5.74, 6) is 0. The van der Waals surface area contributed by atoms with Crippen molar-refractivity contribution in [1.82, 2.24) is 0 Å². The zero-order chi connectivity index (χ0) is 9.14. The molecule has 1 rings (SSSR count). The predicted octanol–water partition coefficient (Wildman–Crippen LogP) is 2.14. The van der Waals surface area contributed by atoms with Crippen LogP contribution in [0.4, 0.5) is 0 Å². The quantitative estimate of drug-likeness (QED) is 0.691. The van der Waals surface area contributed by atoms with Gasteiger partial charge in [0.25, 0.3) is 0 Å². The standard InChI is InChI=1S/C10H14NP/c1-3-8-4-5-9(10(11)12)7(2)6-8/h4-6,12H,3,11H2,1-2H3. The third-order valence-electron chi connectivity index (χ3n) is 1.99. The molecule has 0 heterocycles. The summed E-state index contributed by atoms with van der Waals surface area (Å²) in [5, 5.41) is 0. The molecule has 0 spiro atoms. The van der Waals surface area contributed by atoms with Crippen LogP contribution in [0.3, 0.4) is 0 Å². The van der Waals surface area contributed by atoms with E-state index in [1.165, 1.54) is 11.1 Å². The van der Waals surface area contributed by atoms with E-state index in [2.05, 4.69) is 40.9 Å². The molecule has 0 radical (unpaired) electrons. The van der Waals surface area contributed by atoms with Crippen LogP contribution < -0.4 is 5.73 Å². The van der Waals surface area contributed by atoms with Crippen molar-refractivity contribution in [3.8, 4) is 0 Å². The van der Waals surface area contributed by atoms with E-state index in [9.17, 15) is 0 Å². The molecule has 2 heteroatoms. The second-order valence-corrected chi connectivity index (χ2v) is 3.46. The number of nitrogens with two attached hydrogens (primary N) is 1. The summed E-state index contributed by atoms with van der Waals surface area (Å²) < 4.78 is 0. The van der Waals surface area contributed by atoms with E-state index in [0.717, 1.165) is 12.0 Å². The van der Waals surface area contributed by atoms with E-state index in [1.807, 2.05) is 0 Å². The lowest BCUT2D eigenvalue weighted by Gasteiger charge is -2.05. The van der Waals surface area contributed by atoms with Gasteiger partial charge in [0.1, 0.15) is 0 Å². The maximum Gasteiger partial charge on any atom is 0.0395 e. The molecule has 0 amide bonds. The lowest BCUT2D eigenvalue weighted by molar-refractivity contribution is 1.13. The van der Waals surface area contributed by atoms with Gasteiger partial charge in [0.2, 0.25) is 0 Å². The molecule has 12 heavy (non-hydrogen) atoms. The van der Waals surface area contributed by atoms with Crippen molar-refractivity contribution in [1.29, 1.82) is 0 Å². The molecule has 1 aromatic rings. The minimum atomic E-state index is 0.704. The number of hydrogen-bond donors (Lipinski definition) is 1. The zero-order valence-electron chi connectivity index (χ0n) is 7.52. The molecule has 0 saturated heterocycles. The Morgan fingerprint density at radius 3 is 2.58 bits per heavy atom. The zero-order valence-corrected chi connectivity index (χ0v) is 8.52. The number of hydrogen-bond acceptors (Lipinski definition) is 0. The summed E-state index contributed by atoms with van der Waals surface area (Å²) in [6.07, 6.45) is 1.07. The van der Waals surface area contributed by atoms with Crippen molar-refractivity contribution >= 4 is 14.3 Å². The second kappa shape index (κ2) is 3.84. The summed E-state index contributed by atoms with van der Waals surface area (Å²) in [5.41, 5.74) is 10.0. The van der Waals surface area contributed by atoms with Gasteiger partial charge in [-0.25, -0.2) is 0 Å². The van der Waals surface area contributed by atoms with E-state index in [4.69, 9.17) is 5.73 Å². The molecule has 2 N–H and O–H groups in total. The Labute approximate surface area is 75.8 Å². The van der Waals surface area contributed by atoms with Crippen LogP contribution in [0.1, 0.15) is 23.6 Å². The molecule has 1 aromatic carbocycles. The Morgan fingerprint density at radius 1 is 1.50 bits per heavy atom. The van der Waals surface area contributed by atoms with Gasteiger partial charge in [-0.05, 0) is 30.0 Å². The monoisotopic (exact) mass is 179 g/mol. The highest BCUT2D eigenvalue weighted by molar-refractivity contribution is 7.21. The molecule has 0 aliphatic rings. The van der Waals surface area contributed by atoms with E-state index >= 15 is 0 Å². The minimum absolute atomic E-state index is 0.704. The van der Waals surface area contributed by atoms with Gasteiger partial charge in [-0.1, -0.05) is 25.1 Å². The predicted molar refractivity (Wildman–Crippen MR) is 57.2 cm³/mol. The highest BCUT2D eigenvalue weighted by atomic mass is 31.0. The molecule has 0 fully saturated rings. The molecular formula is C10H14NP. The molecule has 0 aromatic heterocycles. The first kappa shape index (κ1) is 9.44. The Hall–Kier alpha value is -0.650. The largest absolute Gasteiger partial charge is 0.299 e. The summed E-state index contributed by atoms with van der Waals surface area (Å²) in [7, 11) is 3.32. The third kappa shape index (κ3) is 1.94. The fourth-order valence-corrected chi connectivity index (χ4v) is 1.53. The molecule has 0 aliphatic heterocycles. The van der Waals surface area contributed by atoms with Crippen molar-refractivity contribution in [2.24, 2.45) is 5.73 Å². The van der Waals surface area contributed by atoms with E-state index in [-0.39, 0.29) is 0 Å². The first-order valence-corrected chi connectivity index (χ1v) is 4.59. The van der Waals surface area contributed by atoms with Gasteiger partial charge in [0.05, 0.1) is 0 Å². The van der Waals surface area contributed by atoms with Crippen molar-refractivity contribution < 1.29 is 0 Å². The third-order valence-corrected chi connectivity index (χ3v) is 2.26. The van der Waals surface area contributed by atoms with Crippen LogP contribution >= 0.6 is 8.86 Å². The smallest absolute Gasteiger partial charge is 0.0395 e. The van der Waals surface area contributed by atoms with Gasteiger partial charge in [0, 0.05) is 5.42 Å². The average Bonchev–Trinajstić information content (AvgIpc) is 2.03. The van der Waals surface area contributed by atoms with E-state index in [1.54, 1.807) is 0 Å². The van der Waals surface area contributed by atoms with Crippen LogP contribution in [0.5, 0.6) is 0 Å². The topological polar surface area (TPSA) is 26.0 Å². The Kier molecular flexibility index (Phi) is 3.02. The number of aryl methyl sites for hydroxylation is 2. The van der Waals surface area contributed by atoms with Crippen molar-refractivity contribution in [2.45, 2.75) is 20.3 Å². The Morgan fingerprint density at radius 2 is 2.17 bits per heavy atom. The number of rotatable bonds is 2. The van der Waals surface area contributed by atoms with Crippen molar-refractivity contribution in [2.75, 3.05) is 0 Å². The van der Waals surface area contributed by atoms with Gasteiger partial charge in [-0.2, -0.15) is 0 Å². The lowest BCUT2D eigenvalue weighted by atomic mass is 10.0. The summed E-state index contributed by atoms with van der Waals surface area (Å²) >= 11 is 0. The molecule has 64 valence electrons. The van der Waals surface area contributed by atoms with Crippen LogP contribution in [-0.2, 0) is 6.42 Å². The molecule has 0 saturated carbocycles. The van der Waals surface area contributed by atoms with Gasteiger partial charge in [-0.15, -0.1) is 8.86 Å². The Bertz CT molecular complexity index is 305. The van der Waals surface area contributed by atoms with Gasteiger partial charge >= 0.3 is 0 Å². The fraction of sp³-hybridized carbons (Fsp3) is 0.300. The summed E-state index contributed by atoms with van der Waals surface area (Å²) in [6, 6.07) is 6.33.